The molecule has 0 aliphatic carbocycles. The van der Waals surface area contributed by atoms with Crippen molar-refractivity contribution in [2.45, 2.75) is 6.43 Å². The van der Waals surface area contributed by atoms with Crippen LogP contribution in [0.4, 0.5) is 25.8 Å². The van der Waals surface area contributed by atoms with Crippen molar-refractivity contribution in [3.05, 3.63) is 52.0 Å². The molecule has 2 aromatic carbocycles. The summed E-state index contributed by atoms with van der Waals surface area (Å²) in [5, 5.41) is 11.7. The summed E-state index contributed by atoms with van der Waals surface area (Å²) >= 11 is 3.30. The maximum Gasteiger partial charge on any atom is 0.265 e. The minimum atomic E-state index is -2.63. The van der Waals surface area contributed by atoms with Crippen LogP contribution in [0.1, 0.15) is 17.6 Å². The summed E-state index contributed by atoms with van der Waals surface area (Å²) in [6.45, 7) is 0. The fourth-order valence-corrected chi connectivity index (χ4v) is 2.18. The average Bonchev–Trinajstić information content (AvgIpc) is 2.42. The van der Waals surface area contributed by atoms with Crippen LogP contribution in [0.5, 0.6) is 0 Å². The van der Waals surface area contributed by atoms with Crippen LogP contribution < -0.4 is 11.1 Å². The Morgan fingerprint density at radius 2 is 1.85 bits per heavy atom. The molecule has 0 saturated heterocycles. The number of nitrogens with one attached hydrogen (secondary N) is 1. The van der Waals surface area contributed by atoms with E-state index >= 15 is 0 Å². The zero-order valence-electron chi connectivity index (χ0n) is 10.2. The van der Waals surface area contributed by atoms with Crippen LogP contribution in [0.2, 0.25) is 0 Å². The maximum atomic E-state index is 13.0. The highest BCUT2D eigenvalue weighted by Crippen LogP contribution is 2.33. The van der Waals surface area contributed by atoms with Gasteiger partial charge in [0.05, 0.1) is 17.3 Å². The van der Waals surface area contributed by atoms with Crippen molar-refractivity contribution in [3.8, 4) is 6.07 Å². The SMILES string of the molecule is N#Cc1ccc(Nc2ccc(N)cc2C(F)F)c(Br)c1. The molecule has 0 aromatic heterocycles. The Kier molecular flexibility index (Phi) is 4.20. The van der Waals surface area contributed by atoms with E-state index in [1.54, 1.807) is 24.3 Å². The number of hydrogen-bond donors (Lipinski definition) is 2. The molecular formula is C14H10BrF2N3. The molecule has 0 radical (unpaired) electrons. The standard InChI is InChI=1S/C14H10BrF2N3/c15-11-5-8(7-18)1-3-13(11)20-12-4-2-9(19)6-10(12)14(16)17/h1-6,14,20H,19H2. The Morgan fingerprint density at radius 3 is 2.45 bits per heavy atom. The predicted molar refractivity (Wildman–Crippen MR) is 78.0 cm³/mol. The largest absolute Gasteiger partial charge is 0.399 e. The van der Waals surface area contributed by atoms with Gasteiger partial charge in [-0.15, -0.1) is 0 Å². The van der Waals surface area contributed by atoms with Gasteiger partial charge in [-0.05, 0) is 52.3 Å². The van der Waals surface area contributed by atoms with Crippen molar-refractivity contribution >= 4 is 33.0 Å². The monoisotopic (exact) mass is 337 g/mol. The Balaban J connectivity index is 2.38. The van der Waals surface area contributed by atoms with Crippen molar-refractivity contribution in [2.75, 3.05) is 11.1 Å². The Labute approximate surface area is 123 Å². The molecule has 0 unspecified atom stereocenters. The Morgan fingerprint density at radius 1 is 1.15 bits per heavy atom. The third-order valence-corrected chi connectivity index (χ3v) is 3.33. The number of hydrogen-bond acceptors (Lipinski definition) is 3. The highest BCUT2D eigenvalue weighted by Gasteiger charge is 2.14. The number of nitrogens with zero attached hydrogens (tertiary/aromatic N) is 1. The number of nitrogens with two attached hydrogens (primary N) is 1. The van der Waals surface area contributed by atoms with Crippen LogP contribution in [0.3, 0.4) is 0 Å². The summed E-state index contributed by atoms with van der Waals surface area (Å²) in [5.41, 5.74) is 6.99. The summed E-state index contributed by atoms with van der Waals surface area (Å²) < 4.78 is 26.6. The number of anilines is 3. The highest BCUT2D eigenvalue weighted by molar-refractivity contribution is 9.10. The first-order valence-corrected chi connectivity index (χ1v) is 6.45. The molecule has 2 rings (SSSR count). The maximum absolute atomic E-state index is 13.0. The molecule has 6 heteroatoms. The molecule has 0 spiro atoms. The van der Waals surface area contributed by atoms with Crippen LogP contribution in [-0.2, 0) is 0 Å². The van der Waals surface area contributed by atoms with Crippen LogP contribution in [0.25, 0.3) is 0 Å². The van der Waals surface area contributed by atoms with Gasteiger partial charge in [-0.1, -0.05) is 0 Å². The number of nitrogen functional groups attached to an aromatic ring is 1. The van der Waals surface area contributed by atoms with Gasteiger partial charge >= 0.3 is 0 Å². The van der Waals surface area contributed by atoms with E-state index in [9.17, 15) is 8.78 Å². The highest BCUT2D eigenvalue weighted by atomic mass is 79.9. The molecule has 0 saturated carbocycles. The lowest BCUT2D eigenvalue weighted by Crippen LogP contribution is -1.99. The normalized spacial score (nSPS) is 10.3. The molecule has 3 nitrogen and oxygen atoms in total. The fraction of sp³-hybridized carbons (Fsp3) is 0.0714. The number of benzene rings is 2. The molecule has 20 heavy (non-hydrogen) atoms. The van der Waals surface area contributed by atoms with Crippen molar-refractivity contribution in [3.63, 3.8) is 0 Å². The molecular weight excluding hydrogens is 328 g/mol. The summed E-state index contributed by atoms with van der Waals surface area (Å²) in [6.07, 6.45) is -2.63. The summed E-state index contributed by atoms with van der Waals surface area (Å²) in [4.78, 5) is 0. The lowest BCUT2D eigenvalue weighted by Gasteiger charge is -2.13. The van der Waals surface area contributed by atoms with Gasteiger partial charge in [-0.25, -0.2) is 8.78 Å². The van der Waals surface area contributed by atoms with E-state index in [2.05, 4.69) is 21.2 Å². The first-order valence-electron chi connectivity index (χ1n) is 5.65. The van der Waals surface area contributed by atoms with Gasteiger partial charge in [0.25, 0.3) is 6.43 Å². The smallest absolute Gasteiger partial charge is 0.265 e. The predicted octanol–water partition coefficient (Wildman–Crippen LogP) is 4.58. The van der Waals surface area contributed by atoms with Crippen LogP contribution in [-0.4, -0.2) is 0 Å². The molecule has 0 amide bonds. The van der Waals surface area contributed by atoms with Crippen LogP contribution >= 0.6 is 15.9 Å². The van der Waals surface area contributed by atoms with Crippen LogP contribution in [0, 0.1) is 11.3 Å². The first kappa shape index (κ1) is 14.3. The van der Waals surface area contributed by atoms with E-state index in [-0.39, 0.29) is 16.9 Å². The molecule has 0 bridgehead atoms. The molecule has 3 N–H and O–H groups in total. The topological polar surface area (TPSA) is 61.8 Å². The molecule has 102 valence electrons. The van der Waals surface area contributed by atoms with Crippen molar-refractivity contribution in [1.82, 2.24) is 0 Å². The number of rotatable bonds is 3. The number of nitriles is 1. The minimum Gasteiger partial charge on any atom is -0.399 e. The third kappa shape index (κ3) is 3.06. The van der Waals surface area contributed by atoms with Gasteiger partial charge < -0.3 is 11.1 Å². The minimum absolute atomic E-state index is 0.166. The van der Waals surface area contributed by atoms with E-state index in [1.165, 1.54) is 12.1 Å². The molecule has 2 aromatic rings. The number of alkyl halides is 2. The summed E-state index contributed by atoms with van der Waals surface area (Å²) in [6, 6.07) is 11.2. The van der Waals surface area contributed by atoms with E-state index in [1.807, 2.05) is 6.07 Å². The lowest BCUT2D eigenvalue weighted by molar-refractivity contribution is 0.152. The van der Waals surface area contributed by atoms with Gasteiger partial charge in [0.1, 0.15) is 0 Å². The van der Waals surface area contributed by atoms with Gasteiger partial charge in [-0.2, -0.15) is 5.26 Å². The van der Waals surface area contributed by atoms with Gasteiger partial charge in [0.15, 0.2) is 0 Å². The average molecular weight is 338 g/mol. The van der Waals surface area contributed by atoms with E-state index < -0.39 is 6.43 Å². The van der Waals surface area contributed by atoms with Crippen LogP contribution in [0.15, 0.2) is 40.9 Å². The Hall–Kier alpha value is -2.13. The molecule has 0 fully saturated rings. The second kappa shape index (κ2) is 5.88. The van der Waals surface area contributed by atoms with E-state index in [0.717, 1.165) is 0 Å². The summed E-state index contributed by atoms with van der Waals surface area (Å²) in [5.74, 6) is 0. The van der Waals surface area contributed by atoms with Gasteiger partial charge in [-0.3, -0.25) is 0 Å². The van der Waals surface area contributed by atoms with Crippen molar-refractivity contribution in [1.29, 1.82) is 5.26 Å². The Bertz CT molecular complexity index is 681. The second-order valence-electron chi connectivity index (χ2n) is 4.08. The van der Waals surface area contributed by atoms with Crippen molar-refractivity contribution in [2.24, 2.45) is 0 Å². The second-order valence-corrected chi connectivity index (χ2v) is 4.93. The molecule has 0 aliphatic heterocycles. The van der Waals surface area contributed by atoms with E-state index in [0.29, 0.717) is 15.7 Å². The summed E-state index contributed by atoms with van der Waals surface area (Å²) in [7, 11) is 0. The lowest BCUT2D eigenvalue weighted by atomic mass is 10.1. The third-order valence-electron chi connectivity index (χ3n) is 2.68. The quantitative estimate of drug-likeness (QED) is 0.805. The number of halogens is 3. The fourth-order valence-electron chi connectivity index (χ4n) is 1.71. The molecule has 0 heterocycles. The zero-order chi connectivity index (χ0) is 14.7. The zero-order valence-corrected chi connectivity index (χ0v) is 11.8. The molecule has 0 atom stereocenters. The van der Waals surface area contributed by atoms with Crippen molar-refractivity contribution < 1.29 is 8.78 Å². The van der Waals surface area contributed by atoms with Gasteiger partial charge in [0, 0.05) is 21.4 Å². The first-order chi connectivity index (χ1) is 9.51. The van der Waals surface area contributed by atoms with Gasteiger partial charge in [0.2, 0.25) is 0 Å². The molecule has 0 aliphatic rings. The van der Waals surface area contributed by atoms with E-state index in [4.69, 9.17) is 11.0 Å².